The second kappa shape index (κ2) is 11.2. The Balaban J connectivity index is 2.00. The summed E-state index contributed by atoms with van der Waals surface area (Å²) in [7, 11) is 0. The summed E-state index contributed by atoms with van der Waals surface area (Å²) in [6, 6.07) is 12.3. The SMILES string of the molecule is CCCNC(=O)c1cccc(CN=C(NCC)NCc2ccc(C(F)(F)F)cc2)c1. The fourth-order valence-electron chi connectivity index (χ4n) is 2.66. The molecule has 5 nitrogen and oxygen atoms in total. The first-order chi connectivity index (χ1) is 14.3. The molecule has 0 aliphatic heterocycles. The molecule has 0 atom stereocenters. The van der Waals surface area contributed by atoms with E-state index in [4.69, 9.17) is 0 Å². The summed E-state index contributed by atoms with van der Waals surface area (Å²) in [6.45, 7) is 5.87. The van der Waals surface area contributed by atoms with Crippen LogP contribution in [0.1, 0.15) is 47.3 Å². The van der Waals surface area contributed by atoms with Crippen molar-refractivity contribution in [1.29, 1.82) is 0 Å². The van der Waals surface area contributed by atoms with Gasteiger partial charge in [-0.3, -0.25) is 4.79 Å². The zero-order valence-corrected chi connectivity index (χ0v) is 17.1. The molecule has 30 heavy (non-hydrogen) atoms. The van der Waals surface area contributed by atoms with E-state index in [1.165, 1.54) is 12.1 Å². The highest BCUT2D eigenvalue weighted by Gasteiger charge is 2.29. The number of alkyl halides is 3. The Labute approximate surface area is 174 Å². The highest BCUT2D eigenvalue weighted by Crippen LogP contribution is 2.29. The standard InChI is InChI=1S/C22H27F3N4O/c1-3-12-27-20(30)18-7-5-6-17(13-18)15-29-21(26-4-2)28-14-16-8-10-19(11-9-16)22(23,24)25/h5-11,13H,3-4,12,14-15H2,1-2H3,(H,27,30)(H2,26,28,29). The van der Waals surface area contributed by atoms with Crippen LogP contribution in [0.15, 0.2) is 53.5 Å². The molecule has 0 aliphatic rings. The lowest BCUT2D eigenvalue weighted by atomic mass is 10.1. The van der Waals surface area contributed by atoms with Crippen molar-refractivity contribution in [2.45, 2.75) is 39.5 Å². The number of benzene rings is 2. The van der Waals surface area contributed by atoms with E-state index in [1.807, 2.05) is 26.0 Å². The molecule has 0 unspecified atom stereocenters. The second-order valence-corrected chi connectivity index (χ2v) is 6.70. The predicted molar refractivity (Wildman–Crippen MR) is 112 cm³/mol. The third-order valence-corrected chi connectivity index (χ3v) is 4.23. The molecular weight excluding hydrogens is 393 g/mol. The lowest BCUT2D eigenvalue weighted by Crippen LogP contribution is -2.36. The monoisotopic (exact) mass is 420 g/mol. The molecule has 0 bridgehead atoms. The molecule has 162 valence electrons. The van der Waals surface area contributed by atoms with Crippen molar-refractivity contribution in [1.82, 2.24) is 16.0 Å². The van der Waals surface area contributed by atoms with Crippen LogP contribution < -0.4 is 16.0 Å². The molecule has 2 rings (SSSR count). The fraction of sp³-hybridized carbons (Fsp3) is 0.364. The molecule has 0 heterocycles. The van der Waals surface area contributed by atoms with Gasteiger partial charge in [0.05, 0.1) is 12.1 Å². The Kier molecular flexibility index (Phi) is 8.70. The van der Waals surface area contributed by atoms with E-state index in [9.17, 15) is 18.0 Å². The van der Waals surface area contributed by atoms with E-state index < -0.39 is 11.7 Å². The highest BCUT2D eigenvalue weighted by molar-refractivity contribution is 5.94. The average Bonchev–Trinajstić information content (AvgIpc) is 2.74. The topological polar surface area (TPSA) is 65.5 Å². The lowest BCUT2D eigenvalue weighted by molar-refractivity contribution is -0.137. The first-order valence-electron chi connectivity index (χ1n) is 9.89. The minimum Gasteiger partial charge on any atom is -0.357 e. The van der Waals surface area contributed by atoms with Crippen molar-refractivity contribution in [2.75, 3.05) is 13.1 Å². The molecule has 0 fully saturated rings. The summed E-state index contributed by atoms with van der Waals surface area (Å²) < 4.78 is 38.0. The van der Waals surface area contributed by atoms with Crippen LogP contribution in [-0.2, 0) is 19.3 Å². The van der Waals surface area contributed by atoms with Gasteiger partial charge in [0.2, 0.25) is 0 Å². The number of carbonyl (C=O) groups is 1. The van der Waals surface area contributed by atoms with Crippen molar-refractivity contribution < 1.29 is 18.0 Å². The summed E-state index contributed by atoms with van der Waals surface area (Å²) in [6.07, 6.45) is -3.48. The molecule has 0 saturated heterocycles. The molecule has 0 saturated carbocycles. The molecule has 8 heteroatoms. The number of aliphatic imine (C=N–C) groups is 1. The van der Waals surface area contributed by atoms with Gasteiger partial charge in [0.15, 0.2) is 5.96 Å². The number of halogens is 3. The summed E-state index contributed by atoms with van der Waals surface area (Å²) in [5, 5.41) is 9.06. The van der Waals surface area contributed by atoms with Crippen LogP contribution in [0.3, 0.4) is 0 Å². The van der Waals surface area contributed by atoms with Crippen LogP contribution in [0.25, 0.3) is 0 Å². The number of hydrogen-bond donors (Lipinski definition) is 3. The Morgan fingerprint density at radius 1 is 0.967 bits per heavy atom. The quantitative estimate of drug-likeness (QED) is 0.445. The van der Waals surface area contributed by atoms with Crippen molar-refractivity contribution in [3.63, 3.8) is 0 Å². The first-order valence-corrected chi connectivity index (χ1v) is 9.89. The normalized spacial score (nSPS) is 11.8. The molecule has 1 amide bonds. The van der Waals surface area contributed by atoms with Gasteiger partial charge in [-0.2, -0.15) is 13.2 Å². The third-order valence-electron chi connectivity index (χ3n) is 4.23. The predicted octanol–water partition coefficient (Wildman–Crippen LogP) is 4.10. The second-order valence-electron chi connectivity index (χ2n) is 6.70. The number of guanidine groups is 1. The maximum atomic E-state index is 12.7. The largest absolute Gasteiger partial charge is 0.416 e. The van der Waals surface area contributed by atoms with E-state index in [-0.39, 0.29) is 5.91 Å². The Hall–Kier alpha value is -3.03. The van der Waals surface area contributed by atoms with Gasteiger partial charge in [0.1, 0.15) is 0 Å². The summed E-state index contributed by atoms with van der Waals surface area (Å²) >= 11 is 0. The molecule has 0 aromatic heterocycles. The van der Waals surface area contributed by atoms with Crippen molar-refractivity contribution in [2.24, 2.45) is 4.99 Å². The highest BCUT2D eigenvalue weighted by atomic mass is 19.4. The van der Waals surface area contributed by atoms with E-state index in [2.05, 4.69) is 20.9 Å². The van der Waals surface area contributed by atoms with Crippen molar-refractivity contribution in [3.8, 4) is 0 Å². The molecule has 0 spiro atoms. The first kappa shape index (κ1) is 23.3. The van der Waals surface area contributed by atoms with Crippen molar-refractivity contribution >= 4 is 11.9 Å². The van der Waals surface area contributed by atoms with Crippen LogP contribution >= 0.6 is 0 Å². The van der Waals surface area contributed by atoms with Gasteiger partial charge < -0.3 is 16.0 Å². The van der Waals surface area contributed by atoms with Crippen molar-refractivity contribution in [3.05, 3.63) is 70.8 Å². The van der Waals surface area contributed by atoms with Gasteiger partial charge in [0, 0.05) is 25.2 Å². The van der Waals surface area contributed by atoms with Gasteiger partial charge in [0.25, 0.3) is 5.91 Å². The van der Waals surface area contributed by atoms with Gasteiger partial charge in [-0.25, -0.2) is 4.99 Å². The van der Waals surface area contributed by atoms with E-state index in [0.717, 1.165) is 24.1 Å². The number of hydrogen-bond acceptors (Lipinski definition) is 2. The van der Waals surface area contributed by atoms with Gasteiger partial charge in [-0.15, -0.1) is 0 Å². The molecule has 0 radical (unpaired) electrons. The van der Waals surface area contributed by atoms with Crippen LogP contribution in [0.2, 0.25) is 0 Å². The Bertz CT molecular complexity index is 848. The fourth-order valence-corrected chi connectivity index (χ4v) is 2.66. The Morgan fingerprint density at radius 3 is 2.33 bits per heavy atom. The average molecular weight is 420 g/mol. The zero-order valence-electron chi connectivity index (χ0n) is 17.1. The third kappa shape index (κ3) is 7.42. The number of nitrogens with zero attached hydrogens (tertiary/aromatic N) is 1. The molecule has 0 aliphatic carbocycles. The maximum Gasteiger partial charge on any atom is 0.416 e. The van der Waals surface area contributed by atoms with Gasteiger partial charge in [-0.1, -0.05) is 31.2 Å². The maximum absolute atomic E-state index is 12.7. The molecular formula is C22H27F3N4O. The van der Waals surface area contributed by atoms with Crippen LogP contribution in [0.4, 0.5) is 13.2 Å². The number of amides is 1. The van der Waals surface area contributed by atoms with Crippen LogP contribution in [0.5, 0.6) is 0 Å². The Morgan fingerprint density at radius 2 is 1.70 bits per heavy atom. The van der Waals surface area contributed by atoms with Crippen LogP contribution in [0, 0.1) is 0 Å². The van der Waals surface area contributed by atoms with E-state index in [1.54, 1.807) is 12.1 Å². The molecule has 2 aromatic carbocycles. The number of nitrogens with one attached hydrogen (secondary N) is 3. The molecule has 3 N–H and O–H groups in total. The summed E-state index contributed by atoms with van der Waals surface area (Å²) in [4.78, 5) is 16.6. The summed E-state index contributed by atoms with van der Waals surface area (Å²) in [5.41, 5.74) is 1.50. The zero-order chi connectivity index (χ0) is 22.0. The minimum absolute atomic E-state index is 0.116. The minimum atomic E-state index is -4.34. The van der Waals surface area contributed by atoms with E-state index >= 15 is 0 Å². The lowest BCUT2D eigenvalue weighted by Gasteiger charge is -2.12. The number of rotatable bonds is 8. The van der Waals surface area contributed by atoms with Gasteiger partial charge in [-0.05, 0) is 48.7 Å². The van der Waals surface area contributed by atoms with Crippen LogP contribution in [-0.4, -0.2) is 25.0 Å². The van der Waals surface area contributed by atoms with E-state index in [0.29, 0.717) is 43.3 Å². The smallest absolute Gasteiger partial charge is 0.357 e. The van der Waals surface area contributed by atoms with Gasteiger partial charge >= 0.3 is 6.18 Å². The summed E-state index contributed by atoms with van der Waals surface area (Å²) in [5.74, 6) is 0.424. The number of carbonyl (C=O) groups excluding carboxylic acids is 1. The molecule has 2 aromatic rings.